The van der Waals surface area contributed by atoms with Crippen LogP contribution in [0, 0.1) is 0 Å². The van der Waals surface area contributed by atoms with Gasteiger partial charge in [-0.15, -0.1) is 13.2 Å². The lowest BCUT2D eigenvalue weighted by Crippen LogP contribution is -2.65. The van der Waals surface area contributed by atoms with Crippen molar-refractivity contribution in [1.29, 1.82) is 0 Å². The Kier molecular flexibility index (Phi) is 5.05. The van der Waals surface area contributed by atoms with Gasteiger partial charge in [-0.1, -0.05) is 12.1 Å². The molecule has 3 saturated heterocycles. The largest absolute Gasteiger partial charge is 0.573 e. The maximum absolute atomic E-state index is 12.9. The zero-order chi connectivity index (χ0) is 20.8. The van der Waals surface area contributed by atoms with E-state index in [-0.39, 0.29) is 48.4 Å². The lowest BCUT2D eigenvalue weighted by atomic mass is 9.83. The molecule has 1 aromatic carbocycles. The maximum atomic E-state index is 12.9. The Bertz CT molecular complexity index is 786. The minimum absolute atomic E-state index is 0.0501. The summed E-state index contributed by atoms with van der Waals surface area (Å²) in [4.78, 5) is 27.9. The molecule has 3 unspecified atom stereocenters. The smallest absolute Gasteiger partial charge is 0.406 e. The van der Waals surface area contributed by atoms with E-state index in [2.05, 4.69) is 10.1 Å². The van der Waals surface area contributed by atoms with E-state index in [9.17, 15) is 22.8 Å². The van der Waals surface area contributed by atoms with E-state index in [1.165, 1.54) is 12.1 Å². The number of likely N-dealkylation sites (tertiary alicyclic amines) is 2. The van der Waals surface area contributed by atoms with Crippen molar-refractivity contribution < 1.29 is 32.2 Å². The molecule has 0 spiro atoms. The van der Waals surface area contributed by atoms with Crippen LogP contribution in [0.25, 0.3) is 0 Å². The van der Waals surface area contributed by atoms with E-state index in [1.54, 1.807) is 21.9 Å². The number of piperidine rings is 1. The molecule has 29 heavy (non-hydrogen) atoms. The predicted octanol–water partition coefficient (Wildman–Crippen LogP) is 2.08. The third-order valence-electron chi connectivity index (χ3n) is 5.85. The molecule has 1 N–H and O–H groups in total. The molecule has 3 amide bonds. The van der Waals surface area contributed by atoms with Crippen molar-refractivity contribution in [3.05, 3.63) is 29.8 Å². The Morgan fingerprint density at radius 3 is 2.62 bits per heavy atom. The molecule has 7 nitrogen and oxygen atoms in total. The highest BCUT2D eigenvalue weighted by atomic mass is 19.4. The molecular formula is C19H22F3N3O4. The van der Waals surface area contributed by atoms with Gasteiger partial charge in [0, 0.05) is 31.6 Å². The molecular weight excluding hydrogens is 391 g/mol. The molecule has 3 heterocycles. The number of halogens is 3. The van der Waals surface area contributed by atoms with Crippen molar-refractivity contribution >= 4 is 11.9 Å². The van der Waals surface area contributed by atoms with Crippen molar-refractivity contribution in [1.82, 2.24) is 15.1 Å². The molecule has 3 fully saturated rings. The molecule has 10 heteroatoms. The topological polar surface area (TPSA) is 71.1 Å². The van der Waals surface area contributed by atoms with Gasteiger partial charge in [0.2, 0.25) is 5.91 Å². The van der Waals surface area contributed by atoms with Gasteiger partial charge in [0.15, 0.2) is 0 Å². The summed E-state index contributed by atoms with van der Waals surface area (Å²) in [7, 11) is 0. The van der Waals surface area contributed by atoms with Gasteiger partial charge >= 0.3 is 12.4 Å². The standard InChI is InChI=1S/C19H22F3N3O4/c1-11-14(12-2-4-13(5-3-12)29-19(20,21)22)8-25(11)18(27)24-7-6-16-15(9-24)23-17(26)10-28-16/h2-5,11,14-16H,6-10H2,1H3,(H,23,26)/t11?,14?,15?,16-/m0/s1. The van der Waals surface area contributed by atoms with Crippen LogP contribution in [0.1, 0.15) is 24.8 Å². The second-order valence-electron chi connectivity index (χ2n) is 7.66. The first-order chi connectivity index (χ1) is 13.7. The molecule has 1 aromatic rings. The van der Waals surface area contributed by atoms with E-state index in [4.69, 9.17) is 4.74 Å². The van der Waals surface area contributed by atoms with E-state index in [0.29, 0.717) is 26.1 Å². The molecule has 0 radical (unpaired) electrons. The highest BCUT2D eigenvalue weighted by molar-refractivity contribution is 5.79. The number of urea groups is 1. The summed E-state index contributed by atoms with van der Waals surface area (Å²) in [6.07, 6.45) is -4.11. The molecule has 3 aliphatic rings. The lowest BCUT2D eigenvalue weighted by Gasteiger charge is -2.50. The molecule has 0 saturated carbocycles. The fourth-order valence-electron chi connectivity index (χ4n) is 4.22. The highest BCUT2D eigenvalue weighted by Crippen LogP contribution is 2.36. The summed E-state index contributed by atoms with van der Waals surface area (Å²) in [5.74, 6) is -0.384. The van der Waals surface area contributed by atoms with Crippen LogP contribution in [0.4, 0.5) is 18.0 Å². The van der Waals surface area contributed by atoms with Gasteiger partial charge in [0.25, 0.3) is 0 Å². The van der Waals surface area contributed by atoms with E-state index in [1.807, 2.05) is 6.92 Å². The average molecular weight is 413 g/mol. The number of carbonyl (C=O) groups is 2. The van der Waals surface area contributed by atoms with Crippen molar-refractivity contribution in [3.8, 4) is 5.75 Å². The van der Waals surface area contributed by atoms with Crippen molar-refractivity contribution in [2.75, 3.05) is 26.2 Å². The number of fused-ring (bicyclic) bond motifs is 1. The first-order valence-corrected chi connectivity index (χ1v) is 9.53. The van der Waals surface area contributed by atoms with Crippen LogP contribution in [0.5, 0.6) is 5.75 Å². The van der Waals surface area contributed by atoms with Crippen LogP contribution in [-0.2, 0) is 9.53 Å². The summed E-state index contributed by atoms with van der Waals surface area (Å²) in [6, 6.07) is 5.42. The fraction of sp³-hybridized carbons (Fsp3) is 0.579. The Morgan fingerprint density at radius 1 is 1.24 bits per heavy atom. The summed E-state index contributed by atoms with van der Waals surface area (Å²) in [6.45, 7) is 3.45. The van der Waals surface area contributed by atoms with Crippen LogP contribution in [0.2, 0.25) is 0 Å². The third kappa shape index (κ3) is 4.12. The molecule has 4 rings (SSSR count). The second kappa shape index (κ2) is 7.40. The minimum Gasteiger partial charge on any atom is -0.406 e. The number of carbonyl (C=O) groups excluding carboxylic acids is 2. The minimum atomic E-state index is -4.72. The van der Waals surface area contributed by atoms with E-state index < -0.39 is 6.36 Å². The normalized spacial score (nSPS) is 29.6. The fourth-order valence-corrected chi connectivity index (χ4v) is 4.22. The molecule has 0 aliphatic carbocycles. The Morgan fingerprint density at radius 2 is 1.97 bits per heavy atom. The quantitative estimate of drug-likeness (QED) is 0.806. The van der Waals surface area contributed by atoms with Crippen LogP contribution in [0.3, 0.4) is 0 Å². The number of alkyl halides is 3. The second-order valence-corrected chi connectivity index (χ2v) is 7.66. The van der Waals surface area contributed by atoms with Crippen molar-refractivity contribution in [2.45, 2.75) is 43.8 Å². The number of ether oxygens (including phenoxy) is 2. The first kappa shape index (κ1) is 19.8. The molecule has 0 aromatic heterocycles. The van der Waals surface area contributed by atoms with E-state index >= 15 is 0 Å². The number of nitrogens with zero attached hydrogens (tertiary/aromatic N) is 2. The van der Waals surface area contributed by atoms with Gasteiger partial charge in [-0.3, -0.25) is 4.79 Å². The number of rotatable bonds is 2. The lowest BCUT2D eigenvalue weighted by molar-refractivity contribution is -0.274. The number of amides is 3. The van der Waals surface area contributed by atoms with Gasteiger partial charge in [-0.05, 0) is 31.0 Å². The number of nitrogens with one attached hydrogen (secondary N) is 1. The molecule has 0 bridgehead atoms. The number of benzene rings is 1. The molecule has 3 aliphatic heterocycles. The van der Waals surface area contributed by atoms with Gasteiger partial charge in [-0.25, -0.2) is 4.79 Å². The Labute approximate surface area is 165 Å². The zero-order valence-corrected chi connectivity index (χ0v) is 15.8. The number of morpholine rings is 1. The monoisotopic (exact) mass is 413 g/mol. The molecule has 4 atom stereocenters. The van der Waals surface area contributed by atoms with Gasteiger partial charge in [0.05, 0.1) is 12.1 Å². The van der Waals surface area contributed by atoms with Crippen molar-refractivity contribution in [2.24, 2.45) is 0 Å². The first-order valence-electron chi connectivity index (χ1n) is 9.53. The predicted molar refractivity (Wildman–Crippen MR) is 95.3 cm³/mol. The van der Waals surface area contributed by atoms with Gasteiger partial charge in [0.1, 0.15) is 12.4 Å². The summed E-state index contributed by atoms with van der Waals surface area (Å²) < 4.78 is 46.2. The molecule has 158 valence electrons. The number of hydrogen-bond donors (Lipinski definition) is 1. The van der Waals surface area contributed by atoms with Crippen LogP contribution in [-0.4, -0.2) is 72.5 Å². The highest BCUT2D eigenvalue weighted by Gasteiger charge is 2.44. The Hall–Kier alpha value is -2.49. The average Bonchev–Trinajstić information content (AvgIpc) is 2.66. The van der Waals surface area contributed by atoms with Crippen LogP contribution in [0.15, 0.2) is 24.3 Å². The van der Waals surface area contributed by atoms with E-state index in [0.717, 1.165) is 5.56 Å². The van der Waals surface area contributed by atoms with Gasteiger partial charge < -0.3 is 24.6 Å². The maximum Gasteiger partial charge on any atom is 0.573 e. The van der Waals surface area contributed by atoms with Gasteiger partial charge in [-0.2, -0.15) is 0 Å². The van der Waals surface area contributed by atoms with Crippen LogP contribution < -0.4 is 10.1 Å². The zero-order valence-electron chi connectivity index (χ0n) is 15.8. The number of hydrogen-bond acceptors (Lipinski definition) is 4. The summed E-state index contributed by atoms with van der Waals surface area (Å²) in [5, 5.41) is 2.88. The summed E-state index contributed by atoms with van der Waals surface area (Å²) in [5.41, 5.74) is 0.864. The SMILES string of the molecule is CC1C(c2ccc(OC(F)(F)F)cc2)CN1C(=O)N1CC[C@@H]2OCC(=O)NC2C1. The van der Waals surface area contributed by atoms with Crippen LogP contribution >= 0.6 is 0 Å². The third-order valence-corrected chi connectivity index (χ3v) is 5.85. The van der Waals surface area contributed by atoms with Crippen molar-refractivity contribution in [3.63, 3.8) is 0 Å². The Balaban J connectivity index is 1.34. The summed E-state index contributed by atoms with van der Waals surface area (Å²) >= 11 is 0.